The maximum Gasteiger partial charge on any atom is 0.416 e. The van der Waals surface area contributed by atoms with Crippen LogP contribution in [0.4, 0.5) is 13.2 Å². The first-order valence-corrected chi connectivity index (χ1v) is 6.03. The van der Waals surface area contributed by atoms with Gasteiger partial charge in [-0.05, 0) is 31.0 Å². The van der Waals surface area contributed by atoms with Crippen LogP contribution in [-0.4, -0.2) is 12.6 Å². The highest BCUT2D eigenvalue weighted by atomic mass is 19.4. The summed E-state index contributed by atoms with van der Waals surface area (Å²) in [5.74, 6) is -0.468. The van der Waals surface area contributed by atoms with Crippen molar-refractivity contribution in [2.45, 2.75) is 19.5 Å². The van der Waals surface area contributed by atoms with E-state index in [1.54, 1.807) is 19.1 Å². The summed E-state index contributed by atoms with van der Waals surface area (Å²) < 4.78 is 41.8. The van der Waals surface area contributed by atoms with Crippen molar-refractivity contribution >= 4 is 12.0 Å². The number of ether oxygens (including phenoxy) is 1. The lowest BCUT2D eigenvalue weighted by Crippen LogP contribution is -2.05. The molecule has 1 aromatic rings. The van der Waals surface area contributed by atoms with Gasteiger partial charge in [-0.1, -0.05) is 30.9 Å². The van der Waals surface area contributed by atoms with Gasteiger partial charge in [0.15, 0.2) is 0 Å². The fourth-order valence-electron chi connectivity index (χ4n) is 1.44. The van der Waals surface area contributed by atoms with Crippen molar-refractivity contribution in [2.24, 2.45) is 0 Å². The van der Waals surface area contributed by atoms with Crippen molar-refractivity contribution in [3.05, 3.63) is 53.6 Å². The Kier molecular flexibility index (Phi) is 5.55. The summed E-state index contributed by atoms with van der Waals surface area (Å²) >= 11 is 0. The first kappa shape index (κ1) is 16.0. The van der Waals surface area contributed by atoms with Crippen molar-refractivity contribution in [3.8, 4) is 0 Å². The highest BCUT2D eigenvalue weighted by molar-refractivity contribution is 5.88. The van der Waals surface area contributed by atoms with Crippen LogP contribution in [0.5, 0.6) is 0 Å². The first-order chi connectivity index (χ1) is 9.34. The Balaban J connectivity index is 2.59. The van der Waals surface area contributed by atoms with Crippen molar-refractivity contribution in [1.29, 1.82) is 0 Å². The highest BCUT2D eigenvalue weighted by Crippen LogP contribution is 2.29. The van der Waals surface area contributed by atoms with Crippen molar-refractivity contribution in [2.75, 3.05) is 6.61 Å². The van der Waals surface area contributed by atoms with Crippen LogP contribution in [0.15, 0.2) is 42.5 Å². The monoisotopic (exact) mass is 284 g/mol. The lowest BCUT2D eigenvalue weighted by Gasteiger charge is -2.06. The molecule has 20 heavy (non-hydrogen) atoms. The number of carbonyl (C=O) groups excluding carboxylic acids is 1. The molecular weight excluding hydrogens is 269 g/mol. The normalized spacial score (nSPS) is 11.6. The molecule has 0 fully saturated rings. The summed E-state index contributed by atoms with van der Waals surface area (Å²) in [6, 6.07) is 4.76. The van der Waals surface area contributed by atoms with Gasteiger partial charge in [-0.25, -0.2) is 4.79 Å². The molecule has 0 saturated heterocycles. The number of halogens is 3. The van der Waals surface area contributed by atoms with Crippen LogP contribution in [-0.2, 0) is 15.7 Å². The second-order valence-electron chi connectivity index (χ2n) is 4.05. The summed E-state index contributed by atoms with van der Waals surface area (Å²) in [5.41, 5.74) is 0.232. The number of hydrogen-bond acceptors (Lipinski definition) is 2. The number of allylic oxidation sites excluding steroid dienone is 1. The predicted octanol–water partition coefficient (Wildman–Crippen LogP) is 4.23. The van der Waals surface area contributed by atoms with E-state index in [2.05, 4.69) is 6.58 Å². The molecular formula is C15H15F3O2. The zero-order valence-corrected chi connectivity index (χ0v) is 11.0. The van der Waals surface area contributed by atoms with Gasteiger partial charge in [-0.15, -0.1) is 0 Å². The molecule has 0 atom stereocenters. The largest absolute Gasteiger partial charge is 0.463 e. The second kappa shape index (κ2) is 6.93. The van der Waals surface area contributed by atoms with Crippen LogP contribution in [0.3, 0.4) is 0 Å². The number of esters is 1. The first-order valence-electron chi connectivity index (χ1n) is 6.03. The molecule has 108 valence electrons. The summed E-state index contributed by atoms with van der Waals surface area (Å²) in [6.07, 6.45) is -0.757. The molecule has 1 rings (SSSR count). The van der Waals surface area contributed by atoms with Gasteiger partial charge in [0.1, 0.15) is 0 Å². The predicted molar refractivity (Wildman–Crippen MR) is 70.9 cm³/mol. The Bertz CT molecular complexity index is 499. The van der Waals surface area contributed by atoms with Gasteiger partial charge in [0.25, 0.3) is 0 Å². The summed E-state index contributed by atoms with van der Waals surface area (Å²) in [4.78, 5) is 11.3. The quantitative estimate of drug-likeness (QED) is 0.597. The molecule has 2 nitrogen and oxygen atoms in total. The third kappa shape index (κ3) is 4.91. The minimum Gasteiger partial charge on any atom is -0.463 e. The van der Waals surface area contributed by atoms with Crippen LogP contribution in [0.25, 0.3) is 6.08 Å². The van der Waals surface area contributed by atoms with Crippen LogP contribution < -0.4 is 0 Å². The Morgan fingerprint density at radius 2 is 1.90 bits per heavy atom. The summed E-state index contributed by atoms with van der Waals surface area (Å²) in [6.45, 7) is 5.55. The number of rotatable bonds is 5. The topological polar surface area (TPSA) is 26.3 Å². The molecule has 0 aromatic heterocycles. The molecule has 1 aromatic carbocycles. The van der Waals surface area contributed by atoms with Gasteiger partial charge in [0, 0.05) is 5.57 Å². The van der Waals surface area contributed by atoms with E-state index in [-0.39, 0.29) is 6.61 Å². The van der Waals surface area contributed by atoms with Gasteiger partial charge in [0.2, 0.25) is 0 Å². The van der Waals surface area contributed by atoms with Crippen LogP contribution in [0.2, 0.25) is 0 Å². The van der Waals surface area contributed by atoms with E-state index in [9.17, 15) is 18.0 Å². The molecule has 0 aliphatic rings. The molecule has 0 unspecified atom stereocenters. The number of benzene rings is 1. The average molecular weight is 284 g/mol. The molecule has 0 heterocycles. The Morgan fingerprint density at radius 1 is 1.30 bits per heavy atom. The van der Waals surface area contributed by atoms with E-state index in [4.69, 9.17) is 4.74 Å². The third-order valence-corrected chi connectivity index (χ3v) is 2.48. The molecule has 0 saturated carbocycles. The van der Waals surface area contributed by atoms with E-state index in [1.165, 1.54) is 12.1 Å². The van der Waals surface area contributed by atoms with E-state index < -0.39 is 17.7 Å². The number of alkyl halides is 3. The van der Waals surface area contributed by atoms with E-state index in [1.807, 2.05) is 0 Å². The molecule has 0 amide bonds. The Labute approximate surface area is 115 Å². The second-order valence-corrected chi connectivity index (χ2v) is 4.05. The van der Waals surface area contributed by atoms with Crippen LogP contribution >= 0.6 is 0 Å². The molecule has 0 spiro atoms. The molecule has 0 N–H and O–H groups in total. The Morgan fingerprint density at radius 3 is 2.40 bits per heavy atom. The standard InChI is InChI=1S/C15H15F3O2/c1-3-20-14(19)11(2)5-4-6-12-7-9-13(10-8-12)15(16,17)18/h4,6-10H,2-3,5H2,1H3/b6-4+. The van der Waals surface area contributed by atoms with Crippen LogP contribution in [0.1, 0.15) is 24.5 Å². The smallest absolute Gasteiger partial charge is 0.416 e. The molecule has 0 aliphatic heterocycles. The summed E-state index contributed by atoms with van der Waals surface area (Å²) in [5, 5.41) is 0. The summed E-state index contributed by atoms with van der Waals surface area (Å²) in [7, 11) is 0. The third-order valence-electron chi connectivity index (χ3n) is 2.48. The highest BCUT2D eigenvalue weighted by Gasteiger charge is 2.29. The minimum absolute atomic E-state index is 0.278. The lowest BCUT2D eigenvalue weighted by atomic mass is 10.1. The van der Waals surface area contributed by atoms with Crippen molar-refractivity contribution < 1.29 is 22.7 Å². The van der Waals surface area contributed by atoms with E-state index in [0.29, 0.717) is 17.6 Å². The lowest BCUT2D eigenvalue weighted by molar-refractivity contribution is -0.139. The fraction of sp³-hybridized carbons (Fsp3) is 0.267. The van der Waals surface area contributed by atoms with Gasteiger partial charge in [-0.2, -0.15) is 13.2 Å². The van der Waals surface area contributed by atoms with E-state index in [0.717, 1.165) is 12.1 Å². The molecule has 0 radical (unpaired) electrons. The van der Waals surface area contributed by atoms with Crippen molar-refractivity contribution in [3.63, 3.8) is 0 Å². The fourth-order valence-corrected chi connectivity index (χ4v) is 1.44. The SMILES string of the molecule is C=C(C/C=C/c1ccc(C(F)(F)F)cc1)C(=O)OCC. The zero-order chi connectivity index (χ0) is 15.2. The minimum atomic E-state index is -4.33. The maximum absolute atomic E-state index is 12.4. The van der Waals surface area contributed by atoms with Crippen LogP contribution in [0, 0.1) is 0 Å². The van der Waals surface area contributed by atoms with Gasteiger partial charge in [-0.3, -0.25) is 0 Å². The van der Waals surface area contributed by atoms with E-state index >= 15 is 0 Å². The maximum atomic E-state index is 12.4. The number of carbonyl (C=O) groups is 1. The molecule has 0 aliphatic carbocycles. The molecule has 5 heteroatoms. The Hall–Kier alpha value is -2.04. The number of hydrogen-bond donors (Lipinski definition) is 0. The zero-order valence-electron chi connectivity index (χ0n) is 11.0. The van der Waals surface area contributed by atoms with Gasteiger partial charge < -0.3 is 4.74 Å². The molecule has 0 bridgehead atoms. The van der Waals surface area contributed by atoms with Crippen molar-refractivity contribution in [1.82, 2.24) is 0 Å². The van der Waals surface area contributed by atoms with Gasteiger partial charge in [0.05, 0.1) is 12.2 Å². The average Bonchev–Trinajstić information content (AvgIpc) is 2.38. The van der Waals surface area contributed by atoms with Gasteiger partial charge >= 0.3 is 12.1 Å².